The molecule has 0 saturated heterocycles. The molecule has 0 aliphatic rings. The molecular weight excluding hydrogens is 252 g/mol. The van der Waals surface area contributed by atoms with Crippen LogP contribution in [0.5, 0.6) is 5.75 Å². The Kier molecular flexibility index (Phi) is 3.84. The number of aromatic nitrogens is 3. The van der Waals surface area contributed by atoms with Gasteiger partial charge in [0.1, 0.15) is 23.3 Å². The molecule has 2 aromatic heterocycles. The average Bonchev–Trinajstić information content (AvgIpc) is 2.68. The van der Waals surface area contributed by atoms with Gasteiger partial charge in [-0.1, -0.05) is 11.6 Å². The Morgan fingerprint density at radius 3 is 2.83 bits per heavy atom. The quantitative estimate of drug-likeness (QED) is 0.917. The summed E-state index contributed by atoms with van der Waals surface area (Å²) in [5.41, 5.74) is 7.30. The molecule has 2 heterocycles. The van der Waals surface area contributed by atoms with Gasteiger partial charge < -0.3 is 15.0 Å². The van der Waals surface area contributed by atoms with Gasteiger partial charge in [0.05, 0.1) is 11.9 Å². The van der Waals surface area contributed by atoms with Crippen molar-refractivity contribution in [2.75, 3.05) is 0 Å². The van der Waals surface area contributed by atoms with Crippen molar-refractivity contribution in [2.24, 2.45) is 12.8 Å². The van der Waals surface area contributed by atoms with Crippen LogP contribution in [0, 0.1) is 6.92 Å². The molecule has 0 bridgehead atoms. The largest absolute Gasteiger partial charge is 0.484 e. The maximum Gasteiger partial charge on any atom is 0.147 e. The highest BCUT2D eigenvalue weighted by Crippen LogP contribution is 2.18. The standard InChI is InChI=1S/C12H15ClN4O/c1-8-3-4-10(9(5-14)16-8)18-7-12-15-6-11(13)17(12)2/h3-4,6H,5,7,14H2,1-2H3. The summed E-state index contributed by atoms with van der Waals surface area (Å²) in [6.45, 7) is 2.60. The Balaban J connectivity index is 2.13. The van der Waals surface area contributed by atoms with Crippen LogP contribution in [-0.4, -0.2) is 14.5 Å². The normalized spacial score (nSPS) is 10.7. The summed E-state index contributed by atoms with van der Waals surface area (Å²) in [7, 11) is 1.84. The zero-order chi connectivity index (χ0) is 13.1. The number of rotatable bonds is 4. The lowest BCUT2D eigenvalue weighted by Crippen LogP contribution is -2.08. The Hall–Kier alpha value is -1.59. The number of halogens is 1. The van der Waals surface area contributed by atoms with E-state index in [-0.39, 0.29) is 0 Å². The van der Waals surface area contributed by atoms with E-state index in [1.807, 2.05) is 26.1 Å². The highest BCUT2D eigenvalue weighted by atomic mass is 35.5. The van der Waals surface area contributed by atoms with Crippen molar-refractivity contribution in [3.8, 4) is 5.75 Å². The van der Waals surface area contributed by atoms with Crippen molar-refractivity contribution < 1.29 is 4.74 Å². The van der Waals surface area contributed by atoms with Crippen LogP contribution in [0.1, 0.15) is 17.2 Å². The molecule has 0 aromatic carbocycles. The van der Waals surface area contributed by atoms with Crippen molar-refractivity contribution in [1.29, 1.82) is 0 Å². The number of hydrogen-bond acceptors (Lipinski definition) is 4. The molecule has 96 valence electrons. The van der Waals surface area contributed by atoms with Gasteiger partial charge in [0.15, 0.2) is 0 Å². The monoisotopic (exact) mass is 266 g/mol. The Labute approximate surface area is 111 Å². The van der Waals surface area contributed by atoms with Gasteiger partial charge in [0, 0.05) is 19.3 Å². The first kappa shape index (κ1) is 12.9. The molecule has 0 aliphatic carbocycles. The molecule has 0 spiro atoms. The fourth-order valence-electron chi connectivity index (χ4n) is 1.58. The van der Waals surface area contributed by atoms with Crippen LogP contribution >= 0.6 is 11.6 Å². The molecule has 5 nitrogen and oxygen atoms in total. The van der Waals surface area contributed by atoms with Crippen LogP contribution in [-0.2, 0) is 20.2 Å². The molecule has 0 radical (unpaired) electrons. The molecule has 2 aromatic rings. The molecule has 0 atom stereocenters. The third-order valence-electron chi connectivity index (χ3n) is 2.65. The minimum atomic E-state index is 0.334. The minimum Gasteiger partial charge on any atom is -0.484 e. The summed E-state index contributed by atoms with van der Waals surface area (Å²) < 4.78 is 7.45. The molecule has 0 amide bonds. The number of nitrogens with zero attached hydrogens (tertiary/aromatic N) is 3. The number of hydrogen-bond donors (Lipinski definition) is 1. The molecule has 2 N–H and O–H groups in total. The second-order valence-electron chi connectivity index (χ2n) is 3.95. The summed E-state index contributed by atoms with van der Waals surface area (Å²) in [4.78, 5) is 8.49. The lowest BCUT2D eigenvalue weighted by molar-refractivity contribution is 0.287. The second kappa shape index (κ2) is 5.37. The first-order chi connectivity index (χ1) is 8.61. The maximum atomic E-state index is 5.90. The maximum absolute atomic E-state index is 5.90. The molecule has 2 rings (SSSR count). The fourth-order valence-corrected chi connectivity index (χ4v) is 1.72. The molecule has 18 heavy (non-hydrogen) atoms. The molecule has 0 aliphatic heterocycles. The van der Waals surface area contributed by atoms with Crippen molar-refractivity contribution in [3.63, 3.8) is 0 Å². The van der Waals surface area contributed by atoms with Crippen LogP contribution in [0.15, 0.2) is 18.3 Å². The van der Waals surface area contributed by atoms with Crippen LogP contribution < -0.4 is 10.5 Å². The van der Waals surface area contributed by atoms with E-state index in [1.165, 1.54) is 0 Å². The minimum absolute atomic E-state index is 0.334. The van der Waals surface area contributed by atoms with E-state index in [2.05, 4.69) is 9.97 Å². The van der Waals surface area contributed by atoms with E-state index in [1.54, 1.807) is 10.8 Å². The first-order valence-electron chi connectivity index (χ1n) is 5.57. The summed E-state index contributed by atoms with van der Waals surface area (Å²) in [5, 5.41) is 0.578. The van der Waals surface area contributed by atoms with E-state index >= 15 is 0 Å². The Bertz CT molecular complexity index is 553. The number of aryl methyl sites for hydroxylation is 1. The third-order valence-corrected chi connectivity index (χ3v) is 3.00. The third kappa shape index (κ3) is 2.63. The van der Waals surface area contributed by atoms with Gasteiger partial charge in [0.25, 0.3) is 0 Å². The van der Waals surface area contributed by atoms with Crippen LogP contribution in [0.4, 0.5) is 0 Å². The van der Waals surface area contributed by atoms with E-state index in [4.69, 9.17) is 22.1 Å². The zero-order valence-electron chi connectivity index (χ0n) is 10.4. The summed E-state index contributed by atoms with van der Waals surface area (Å²) in [5.74, 6) is 1.44. The van der Waals surface area contributed by atoms with Gasteiger partial charge in [-0.3, -0.25) is 4.98 Å². The number of imidazole rings is 1. The van der Waals surface area contributed by atoms with E-state index in [0.717, 1.165) is 17.2 Å². The molecular formula is C12H15ClN4O. The van der Waals surface area contributed by atoms with Crippen molar-refractivity contribution in [2.45, 2.75) is 20.1 Å². The summed E-state index contributed by atoms with van der Waals surface area (Å²) in [6.07, 6.45) is 1.59. The van der Waals surface area contributed by atoms with E-state index in [0.29, 0.717) is 24.1 Å². The van der Waals surface area contributed by atoms with Crippen molar-refractivity contribution in [1.82, 2.24) is 14.5 Å². The van der Waals surface area contributed by atoms with Crippen molar-refractivity contribution >= 4 is 11.6 Å². The fraction of sp³-hybridized carbons (Fsp3) is 0.333. The number of pyridine rings is 1. The molecule has 6 heteroatoms. The van der Waals surface area contributed by atoms with Crippen molar-refractivity contribution in [3.05, 3.63) is 40.7 Å². The predicted octanol–water partition coefficient (Wildman–Crippen LogP) is 1.81. The van der Waals surface area contributed by atoms with Crippen LogP contribution in [0.25, 0.3) is 0 Å². The molecule has 0 fully saturated rings. The summed E-state index contributed by atoms with van der Waals surface area (Å²) in [6, 6.07) is 3.76. The zero-order valence-corrected chi connectivity index (χ0v) is 11.1. The smallest absolute Gasteiger partial charge is 0.147 e. The van der Waals surface area contributed by atoms with E-state index < -0.39 is 0 Å². The van der Waals surface area contributed by atoms with Gasteiger partial charge in [-0.25, -0.2) is 4.98 Å². The SMILES string of the molecule is Cc1ccc(OCc2ncc(Cl)n2C)c(CN)n1. The van der Waals surface area contributed by atoms with Gasteiger partial charge >= 0.3 is 0 Å². The number of ether oxygens (including phenoxy) is 1. The lowest BCUT2D eigenvalue weighted by Gasteiger charge is -2.10. The van der Waals surface area contributed by atoms with E-state index in [9.17, 15) is 0 Å². The molecule has 0 unspecified atom stereocenters. The highest BCUT2D eigenvalue weighted by molar-refractivity contribution is 6.29. The van der Waals surface area contributed by atoms with Gasteiger partial charge in [-0.15, -0.1) is 0 Å². The Morgan fingerprint density at radius 2 is 2.22 bits per heavy atom. The van der Waals surface area contributed by atoms with Gasteiger partial charge in [0.2, 0.25) is 0 Å². The van der Waals surface area contributed by atoms with Gasteiger partial charge in [-0.2, -0.15) is 0 Å². The topological polar surface area (TPSA) is 66.0 Å². The highest BCUT2D eigenvalue weighted by Gasteiger charge is 2.08. The van der Waals surface area contributed by atoms with Gasteiger partial charge in [-0.05, 0) is 19.1 Å². The summed E-state index contributed by atoms with van der Waals surface area (Å²) >= 11 is 5.90. The second-order valence-corrected chi connectivity index (χ2v) is 4.33. The predicted molar refractivity (Wildman–Crippen MR) is 69.4 cm³/mol. The average molecular weight is 267 g/mol. The first-order valence-corrected chi connectivity index (χ1v) is 5.95. The van der Waals surface area contributed by atoms with Crippen LogP contribution in [0.2, 0.25) is 5.15 Å². The van der Waals surface area contributed by atoms with Crippen LogP contribution in [0.3, 0.4) is 0 Å². The molecule has 0 saturated carbocycles. The number of nitrogens with two attached hydrogens (primary N) is 1. The lowest BCUT2D eigenvalue weighted by atomic mass is 10.3. The Morgan fingerprint density at radius 1 is 1.44 bits per heavy atom.